The third-order valence-corrected chi connectivity index (χ3v) is 4.34. The summed E-state index contributed by atoms with van der Waals surface area (Å²) in [6.07, 6.45) is 3.29. The van der Waals surface area contributed by atoms with Gasteiger partial charge in [-0.15, -0.1) is 0 Å². The van der Waals surface area contributed by atoms with Crippen LogP contribution in [0.3, 0.4) is 0 Å². The van der Waals surface area contributed by atoms with E-state index in [2.05, 4.69) is 19.2 Å². The molecule has 3 nitrogen and oxygen atoms in total. The summed E-state index contributed by atoms with van der Waals surface area (Å²) >= 11 is 0. The van der Waals surface area contributed by atoms with Crippen molar-refractivity contribution in [1.82, 2.24) is 5.32 Å². The molecule has 1 saturated carbocycles. The molecular formula is C16H24N2O. The normalized spacial score (nSPS) is 23.0. The van der Waals surface area contributed by atoms with Crippen LogP contribution in [0.5, 0.6) is 0 Å². The fourth-order valence-corrected chi connectivity index (χ4v) is 3.04. The van der Waals surface area contributed by atoms with E-state index in [1.54, 1.807) is 0 Å². The van der Waals surface area contributed by atoms with E-state index in [1.807, 2.05) is 31.2 Å². The second-order valence-corrected chi connectivity index (χ2v) is 6.33. The van der Waals surface area contributed by atoms with Gasteiger partial charge in [-0.2, -0.15) is 0 Å². The molecule has 1 aromatic carbocycles. The van der Waals surface area contributed by atoms with E-state index in [0.29, 0.717) is 0 Å². The van der Waals surface area contributed by atoms with Gasteiger partial charge in [0, 0.05) is 11.6 Å². The van der Waals surface area contributed by atoms with Crippen LogP contribution in [0.1, 0.15) is 51.6 Å². The van der Waals surface area contributed by atoms with E-state index < -0.39 is 0 Å². The first-order valence-electron chi connectivity index (χ1n) is 7.06. The van der Waals surface area contributed by atoms with E-state index >= 15 is 0 Å². The molecule has 1 amide bonds. The molecule has 2 rings (SSSR count). The molecule has 0 bridgehead atoms. The summed E-state index contributed by atoms with van der Waals surface area (Å²) in [7, 11) is 0. The molecule has 1 aliphatic carbocycles. The predicted octanol–water partition coefficient (Wildman–Crippen LogP) is 3.27. The Labute approximate surface area is 115 Å². The van der Waals surface area contributed by atoms with Crippen LogP contribution in [-0.2, 0) is 4.79 Å². The highest BCUT2D eigenvalue weighted by Crippen LogP contribution is 2.42. The van der Waals surface area contributed by atoms with Crippen LogP contribution in [-0.4, -0.2) is 5.91 Å². The van der Waals surface area contributed by atoms with Gasteiger partial charge in [0.2, 0.25) is 5.91 Å². The Balaban J connectivity index is 2.03. The Bertz CT molecular complexity index is 468. The first-order valence-corrected chi connectivity index (χ1v) is 7.06. The molecule has 1 aliphatic rings. The lowest BCUT2D eigenvalue weighted by molar-refractivity contribution is -0.128. The van der Waals surface area contributed by atoms with Crippen LogP contribution in [0.4, 0.5) is 5.69 Å². The molecule has 0 radical (unpaired) electrons. The molecule has 0 aromatic heterocycles. The van der Waals surface area contributed by atoms with E-state index in [-0.39, 0.29) is 23.3 Å². The summed E-state index contributed by atoms with van der Waals surface area (Å²) in [5, 5.41) is 3.13. The van der Waals surface area contributed by atoms with Crippen molar-refractivity contribution in [2.75, 3.05) is 5.73 Å². The number of carbonyl (C=O) groups excluding carboxylic acids is 1. The van der Waals surface area contributed by atoms with Crippen molar-refractivity contribution in [3.63, 3.8) is 0 Å². The molecule has 1 aromatic rings. The minimum Gasteiger partial charge on any atom is -0.399 e. The van der Waals surface area contributed by atoms with Gasteiger partial charge in [-0.1, -0.05) is 32.4 Å². The topological polar surface area (TPSA) is 55.1 Å². The summed E-state index contributed by atoms with van der Waals surface area (Å²) in [6, 6.07) is 7.71. The van der Waals surface area contributed by atoms with Crippen LogP contribution in [0.15, 0.2) is 24.3 Å². The number of nitrogens with one attached hydrogen (secondary N) is 1. The van der Waals surface area contributed by atoms with Gasteiger partial charge in [0.25, 0.3) is 0 Å². The molecule has 1 fully saturated rings. The average Bonchev–Trinajstić information content (AvgIpc) is 2.69. The van der Waals surface area contributed by atoms with Crippen molar-refractivity contribution in [3.05, 3.63) is 29.8 Å². The van der Waals surface area contributed by atoms with Gasteiger partial charge in [-0.05, 0) is 42.9 Å². The summed E-state index contributed by atoms with van der Waals surface area (Å²) in [5.41, 5.74) is 7.70. The third kappa shape index (κ3) is 3.09. The van der Waals surface area contributed by atoms with Gasteiger partial charge in [0.15, 0.2) is 0 Å². The number of nitrogen functional groups attached to an aromatic ring is 1. The quantitative estimate of drug-likeness (QED) is 0.819. The maximum Gasteiger partial charge on any atom is 0.224 e. The molecule has 3 heteroatoms. The van der Waals surface area contributed by atoms with Crippen molar-refractivity contribution >= 4 is 11.6 Å². The molecule has 2 unspecified atom stereocenters. The van der Waals surface area contributed by atoms with Crippen molar-refractivity contribution in [1.29, 1.82) is 0 Å². The number of hydrogen-bond donors (Lipinski definition) is 2. The van der Waals surface area contributed by atoms with Gasteiger partial charge < -0.3 is 11.1 Å². The van der Waals surface area contributed by atoms with Crippen LogP contribution in [0.25, 0.3) is 0 Å². The van der Waals surface area contributed by atoms with Crippen LogP contribution in [0.2, 0.25) is 0 Å². The lowest BCUT2D eigenvalue weighted by Gasteiger charge is -2.27. The number of carbonyl (C=O) groups is 1. The highest BCUT2D eigenvalue weighted by atomic mass is 16.2. The van der Waals surface area contributed by atoms with Crippen LogP contribution < -0.4 is 11.1 Å². The van der Waals surface area contributed by atoms with Gasteiger partial charge in [-0.25, -0.2) is 0 Å². The standard InChI is InChI=1S/C16H24N2O/c1-11(12-6-4-7-13(17)10-12)18-15(19)14-8-5-9-16(14,2)3/h4,6-7,10-11,14H,5,8-9,17H2,1-3H3,(H,18,19). The Morgan fingerprint density at radius 3 is 2.79 bits per heavy atom. The highest BCUT2D eigenvalue weighted by molar-refractivity contribution is 5.80. The number of benzene rings is 1. The van der Waals surface area contributed by atoms with Crippen LogP contribution >= 0.6 is 0 Å². The van der Waals surface area contributed by atoms with Gasteiger partial charge in [-0.3, -0.25) is 4.79 Å². The first-order chi connectivity index (χ1) is 8.90. The molecule has 2 atom stereocenters. The summed E-state index contributed by atoms with van der Waals surface area (Å²) in [4.78, 5) is 12.4. The fourth-order valence-electron chi connectivity index (χ4n) is 3.04. The second kappa shape index (κ2) is 5.24. The number of rotatable bonds is 3. The van der Waals surface area contributed by atoms with E-state index in [1.165, 1.54) is 0 Å². The highest BCUT2D eigenvalue weighted by Gasteiger charge is 2.39. The van der Waals surface area contributed by atoms with Crippen LogP contribution in [0, 0.1) is 11.3 Å². The smallest absolute Gasteiger partial charge is 0.224 e. The third-order valence-electron chi connectivity index (χ3n) is 4.34. The van der Waals surface area contributed by atoms with E-state index in [4.69, 9.17) is 5.73 Å². The second-order valence-electron chi connectivity index (χ2n) is 6.33. The number of anilines is 1. The number of hydrogen-bond acceptors (Lipinski definition) is 2. The van der Waals surface area contributed by atoms with E-state index in [9.17, 15) is 4.79 Å². The molecule has 0 heterocycles. The number of nitrogens with two attached hydrogens (primary N) is 1. The SMILES string of the molecule is CC(NC(=O)C1CCCC1(C)C)c1cccc(N)c1. The van der Waals surface area contributed by atoms with Crippen molar-refractivity contribution in [2.24, 2.45) is 11.3 Å². The molecular weight excluding hydrogens is 236 g/mol. The zero-order chi connectivity index (χ0) is 14.0. The van der Waals surface area contributed by atoms with Gasteiger partial charge in [0.1, 0.15) is 0 Å². The summed E-state index contributed by atoms with van der Waals surface area (Å²) < 4.78 is 0. The van der Waals surface area contributed by atoms with Crippen molar-refractivity contribution < 1.29 is 4.79 Å². The maximum atomic E-state index is 12.4. The Kier molecular flexibility index (Phi) is 3.83. The maximum absolute atomic E-state index is 12.4. The van der Waals surface area contributed by atoms with E-state index in [0.717, 1.165) is 30.5 Å². The summed E-state index contributed by atoms with van der Waals surface area (Å²) in [5.74, 6) is 0.313. The lowest BCUT2D eigenvalue weighted by Crippen LogP contribution is -2.37. The molecule has 104 valence electrons. The molecule has 0 spiro atoms. The minimum atomic E-state index is 0.00685. The van der Waals surface area contributed by atoms with Gasteiger partial charge in [0.05, 0.1) is 6.04 Å². The predicted molar refractivity (Wildman–Crippen MR) is 78.5 cm³/mol. The van der Waals surface area contributed by atoms with Gasteiger partial charge >= 0.3 is 0 Å². The van der Waals surface area contributed by atoms with Crippen molar-refractivity contribution in [2.45, 2.75) is 46.1 Å². The minimum absolute atomic E-state index is 0.00685. The molecule has 19 heavy (non-hydrogen) atoms. The molecule has 0 saturated heterocycles. The average molecular weight is 260 g/mol. The summed E-state index contributed by atoms with van der Waals surface area (Å²) in [6.45, 7) is 6.39. The monoisotopic (exact) mass is 260 g/mol. The molecule has 0 aliphatic heterocycles. The largest absolute Gasteiger partial charge is 0.399 e. The van der Waals surface area contributed by atoms with Crippen molar-refractivity contribution in [3.8, 4) is 0 Å². The fraction of sp³-hybridized carbons (Fsp3) is 0.562. The Morgan fingerprint density at radius 2 is 2.21 bits per heavy atom. The molecule has 3 N–H and O–H groups in total. The zero-order valence-electron chi connectivity index (χ0n) is 12.1. The first kappa shape index (κ1) is 13.9. The number of amides is 1. The Morgan fingerprint density at radius 1 is 1.47 bits per heavy atom. The zero-order valence-corrected chi connectivity index (χ0v) is 12.1. The lowest BCUT2D eigenvalue weighted by atomic mass is 9.81. The Hall–Kier alpha value is -1.51.